The normalized spacial score (nSPS) is 10.0. The number of ether oxygens (including phenoxy) is 1. The standard InChI is InChI=1S/C13H10ClN3O4/c1-21-11-3-2-9(17(19)20)7-10(11)16-13(18)8-4-5-15-12(14)6-8/h2-7H,1H3,(H,16,18). The van der Waals surface area contributed by atoms with Gasteiger partial charge in [0.1, 0.15) is 10.9 Å². The lowest BCUT2D eigenvalue weighted by Crippen LogP contribution is -2.13. The molecule has 2 rings (SSSR count). The van der Waals surface area contributed by atoms with E-state index >= 15 is 0 Å². The average molecular weight is 308 g/mol. The number of carbonyl (C=O) groups excluding carboxylic acids is 1. The van der Waals surface area contributed by atoms with Crippen LogP contribution < -0.4 is 10.1 Å². The summed E-state index contributed by atoms with van der Waals surface area (Å²) in [4.78, 5) is 26.1. The first-order chi connectivity index (χ1) is 10.0. The molecule has 0 saturated heterocycles. The van der Waals surface area contributed by atoms with Gasteiger partial charge in [0.05, 0.1) is 17.7 Å². The lowest BCUT2D eigenvalue weighted by Gasteiger charge is -2.10. The molecule has 0 radical (unpaired) electrons. The highest BCUT2D eigenvalue weighted by Crippen LogP contribution is 2.29. The summed E-state index contributed by atoms with van der Waals surface area (Å²) in [7, 11) is 1.40. The van der Waals surface area contributed by atoms with Crippen molar-refractivity contribution in [3.63, 3.8) is 0 Å². The maximum atomic E-state index is 12.1. The van der Waals surface area contributed by atoms with Crippen LogP contribution in [-0.2, 0) is 0 Å². The number of pyridine rings is 1. The van der Waals surface area contributed by atoms with Crippen LogP contribution in [0.5, 0.6) is 5.75 Å². The number of nitro groups is 1. The maximum absolute atomic E-state index is 12.1. The van der Waals surface area contributed by atoms with Crippen LogP contribution in [0.15, 0.2) is 36.5 Å². The quantitative estimate of drug-likeness (QED) is 0.532. The van der Waals surface area contributed by atoms with Crippen LogP contribution >= 0.6 is 11.6 Å². The Balaban J connectivity index is 2.31. The van der Waals surface area contributed by atoms with Crippen molar-refractivity contribution in [3.8, 4) is 5.75 Å². The van der Waals surface area contributed by atoms with Gasteiger partial charge in [-0.2, -0.15) is 0 Å². The molecule has 0 fully saturated rings. The Hall–Kier alpha value is -2.67. The summed E-state index contributed by atoms with van der Waals surface area (Å²) >= 11 is 5.71. The number of nitrogens with zero attached hydrogens (tertiary/aromatic N) is 2. The molecule has 2 aromatic rings. The van der Waals surface area contributed by atoms with Crippen molar-refractivity contribution in [2.24, 2.45) is 0 Å². The smallest absolute Gasteiger partial charge is 0.271 e. The van der Waals surface area contributed by atoms with Gasteiger partial charge in [0.25, 0.3) is 11.6 Å². The molecule has 1 aromatic carbocycles. The predicted molar refractivity (Wildman–Crippen MR) is 76.8 cm³/mol. The highest BCUT2D eigenvalue weighted by Gasteiger charge is 2.14. The molecule has 0 aliphatic heterocycles. The van der Waals surface area contributed by atoms with Gasteiger partial charge in [-0.15, -0.1) is 0 Å². The van der Waals surface area contributed by atoms with Gasteiger partial charge < -0.3 is 10.1 Å². The van der Waals surface area contributed by atoms with E-state index in [1.807, 2.05) is 0 Å². The van der Waals surface area contributed by atoms with Crippen LogP contribution in [-0.4, -0.2) is 22.9 Å². The summed E-state index contributed by atoms with van der Waals surface area (Å²) in [6.45, 7) is 0. The van der Waals surface area contributed by atoms with Gasteiger partial charge in [-0.3, -0.25) is 14.9 Å². The molecule has 108 valence electrons. The number of anilines is 1. The van der Waals surface area contributed by atoms with Crippen LogP contribution in [0.3, 0.4) is 0 Å². The van der Waals surface area contributed by atoms with Crippen molar-refractivity contribution in [3.05, 3.63) is 57.4 Å². The highest BCUT2D eigenvalue weighted by atomic mass is 35.5. The van der Waals surface area contributed by atoms with E-state index in [4.69, 9.17) is 16.3 Å². The number of rotatable bonds is 4. The monoisotopic (exact) mass is 307 g/mol. The zero-order valence-electron chi connectivity index (χ0n) is 10.9. The molecule has 0 unspecified atom stereocenters. The first-order valence-electron chi connectivity index (χ1n) is 5.76. The van der Waals surface area contributed by atoms with Crippen molar-refractivity contribution < 1.29 is 14.5 Å². The zero-order valence-corrected chi connectivity index (χ0v) is 11.6. The van der Waals surface area contributed by atoms with Gasteiger partial charge in [0.2, 0.25) is 0 Å². The van der Waals surface area contributed by atoms with E-state index in [0.717, 1.165) is 0 Å². The van der Waals surface area contributed by atoms with E-state index in [0.29, 0.717) is 5.75 Å². The average Bonchev–Trinajstić information content (AvgIpc) is 2.47. The van der Waals surface area contributed by atoms with Gasteiger partial charge in [-0.1, -0.05) is 11.6 Å². The fourth-order valence-corrected chi connectivity index (χ4v) is 1.82. The van der Waals surface area contributed by atoms with Gasteiger partial charge in [-0.25, -0.2) is 4.98 Å². The molecule has 0 spiro atoms. The summed E-state index contributed by atoms with van der Waals surface area (Å²) in [6, 6.07) is 6.79. The fourth-order valence-electron chi connectivity index (χ4n) is 1.65. The Morgan fingerprint density at radius 2 is 2.14 bits per heavy atom. The Labute approximate surface area is 124 Å². The largest absolute Gasteiger partial charge is 0.495 e. The summed E-state index contributed by atoms with van der Waals surface area (Å²) < 4.78 is 5.06. The second kappa shape index (κ2) is 6.19. The second-order valence-corrected chi connectivity index (χ2v) is 4.35. The predicted octanol–water partition coefficient (Wildman–Crippen LogP) is 2.90. The van der Waals surface area contributed by atoms with Crippen LogP contribution in [0.2, 0.25) is 5.15 Å². The minimum atomic E-state index is -0.557. The van der Waals surface area contributed by atoms with Crippen molar-refractivity contribution in [2.45, 2.75) is 0 Å². The van der Waals surface area contributed by atoms with Gasteiger partial charge >= 0.3 is 0 Å². The number of hydrogen-bond acceptors (Lipinski definition) is 5. The molecule has 0 atom stereocenters. The molecule has 1 heterocycles. The van der Waals surface area contributed by atoms with E-state index in [-0.39, 0.29) is 22.1 Å². The van der Waals surface area contributed by atoms with Gasteiger partial charge in [-0.05, 0) is 18.2 Å². The number of nitro benzene ring substituents is 1. The van der Waals surface area contributed by atoms with Crippen LogP contribution in [0.4, 0.5) is 11.4 Å². The number of nitrogens with one attached hydrogen (secondary N) is 1. The number of hydrogen-bond donors (Lipinski definition) is 1. The molecule has 7 nitrogen and oxygen atoms in total. The maximum Gasteiger partial charge on any atom is 0.271 e. The third-order valence-corrected chi connectivity index (χ3v) is 2.84. The second-order valence-electron chi connectivity index (χ2n) is 3.96. The van der Waals surface area contributed by atoms with Crippen molar-refractivity contribution >= 4 is 28.9 Å². The summed E-state index contributed by atoms with van der Waals surface area (Å²) in [5.74, 6) is -0.160. The number of amides is 1. The summed E-state index contributed by atoms with van der Waals surface area (Å²) in [6.07, 6.45) is 1.39. The SMILES string of the molecule is COc1ccc([N+](=O)[O-])cc1NC(=O)c1ccnc(Cl)c1. The molecular formula is C13H10ClN3O4. The van der Waals surface area contributed by atoms with E-state index in [9.17, 15) is 14.9 Å². The molecule has 8 heteroatoms. The van der Waals surface area contributed by atoms with Crippen LogP contribution in [0.1, 0.15) is 10.4 Å². The first kappa shape index (κ1) is 14.7. The highest BCUT2D eigenvalue weighted by molar-refractivity contribution is 6.29. The minimum absolute atomic E-state index is 0.154. The Morgan fingerprint density at radius 3 is 2.76 bits per heavy atom. The van der Waals surface area contributed by atoms with Crippen LogP contribution in [0.25, 0.3) is 0 Å². The topological polar surface area (TPSA) is 94.4 Å². The molecular weight excluding hydrogens is 298 g/mol. The van der Waals surface area contributed by atoms with Crippen LogP contribution in [0, 0.1) is 10.1 Å². The third kappa shape index (κ3) is 3.46. The Bertz CT molecular complexity index is 706. The molecule has 1 N–H and O–H groups in total. The van der Waals surface area contributed by atoms with Crippen molar-refractivity contribution in [2.75, 3.05) is 12.4 Å². The van der Waals surface area contributed by atoms with Crippen molar-refractivity contribution in [1.82, 2.24) is 4.98 Å². The number of methoxy groups -OCH3 is 1. The van der Waals surface area contributed by atoms with E-state index in [1.165, 1.54) is 43.6 Å². The molecule has 21 heavy (non-hydrogen) atoms. The number of carbonyl (C=O) groups is 1. The number of halogens is 1. The Kier molecular flexibility index (Phi) is 4.34. The van der Waals surface area contributed by atoms with Crippen molar-refractivity contribution in [1.29, 1.82) is 0 Å². The molecule has 0 bridgehead atoms. The fraction of sp³-hybridized carbons (Fsp3) is 0.0769. The lowest BCUT2D eigenvalue weighted by molar-refractivity contribution is -0.384. The lowest BCUT2D eigenvalue weighted by atomic mass is 10.2. The minimum Gasteiger partial charge on any atom is -0.495 e. The molecule has 0 aliphatic rings. The number of non-ortho nitro benzene ring substituents is 1. The molecule has 0 aliphatic carbocycles. The number of aromatic nitrogens is 1. The number of benzene rings is 1. The summed E-state index contributed by atoms with van der Waals surface area (Å²) in [5, 5.41) is 13.5. The van der Waals surface area contributed by atoms with Gasteiger partial charge in [0.15, 0.2) is 0 Å². The summed E-state index contributed by atoms with van der Waals surface area (Å²) in [5.41, 5.74) is 0.326. The Morgan fingerprint density at radius 1 is 1.38 bits per heavy atom. The first-order valence-corrected chi connectivity index (χ1v) is 6.14. The third-order valence-electron chi connectivity index (χ3n) is 2.63. The van der Waals surface area contributed by atoms with E-state index in [2.05, 4.69) is 10.3 Å². The molecule has 1 amide bonds. The van der Waals surface area contributed by atoms with E-state index < -0.39 is 10.8 Å². The molecule has 0 saturated carbocycles. The van der Waals surface area contributed by atoms with E-state index in [1.54, 1.807) is 0 Å². The van der Waals surface area contributed by atoms with Gasteiger partial charge in [0, 0.05) is 23.9 Å². The zero-order chi connectivity index (χ0) is 15.4. The molecule has 1 aromatic heterocycles.